The first-order chi connectivity index (χ1) is 15.8. The first-order valence-corrected chi connectivity index (χ1v) is 10.9. The maximum absolute atomic E-state index is 14.0. The summed E-state index contributed by atoms with van der Waals surface area (Å²) in [6.45, 7) is 0.547. The number of nitrogens with zero attached hydrogens (tertiary/aromatic N) is 1. The van der Waals surface area contributed by atoms with Gasteiger partial charge in [-0.05, 0) is 61.4 Å². The smallest absolute Gasteiger partial charge is 0.254 e. The van der Waals surface area contributed by atoms with Crippen molar-refractivity contribution in [3.05, 3.63) is 106 Å². The standard InChI is InChI=1S/C26H20ClF2NO3/c27-18-7-5-16(6-8-18)24(31)20-3-1-2-4-21(20)26(33)30-13-11-17(12-14-30)25(32)22-15-19(28)9-10-23(22)29/h1-10,15,17H,11-14H2. The van der Waals surface area contributed by atoms with Crippen LogP contribution < -0.4 is 0 Å². The molecule has 33 heavy (non-hydrogen) atoms. The Labute approximate surface area is 194 Å². The van der Waals surface area contributed by atoms with Gasteiger partial charge in [-0.1, -0.05) is 29.8 Å². The first kappa shape index (κ1) is 22.8. The van der Waals surface area contributed by atoms with Crippen LogP contribution in [-0.2, 0) is 0 Å². The van der Waals surface area contributed by atoms with Gasteiger partial charge in [0.2, 0.25) is 0 Å². The Morgan fingerprint density at radius 3 is 2.12 bits per heavy atom. The molecule has 0 radical (unpaired) electrons. The molecule has 7 heteroatoms. The van der Waals surface area contributed by atoms with E-state index in [1.165, 1.54) is 0 Å². The predicted molar refractivity (Wildman–Crippen MR) is 121 cm³/mol. The van der Waals surface area contributed by atoms with Crippen molar-refractivity contribution in [1.82, 2.24) is 4.90 Å². The molecule has 168 valence electrons. The van der Waals surface area contributed by atoms with E-state index in [2.05, 4.69) is 0 Å². The molecule has 0 bridgehead atoms. The highest BCUT2D eigenvalue weighted by atomic mass is 35.5. The molecule has 1 saturated heterocycles. The summed E-state index contributed by atoms with van der Waals surface area (Å²) in [5.74, 6) is -2.99. The van der Waals surface area contributed by atoms with Crippen LogP contribution in [0.25, 0.3) is 0 Å². The average molecular weight is 468 g/mol. The van der Waals surface area contributed by atoms with Crippen molar-refractivity contribution in [2.75, 3.05) is 13.1 Å². The van der Waals surface area contributed by atoms with Crippen LogP contribution in [0, 0.1) is 17.6 Å². The van der Waals surface area contributed by atoms with Crippen molar-refractivity contribution in [1.29, 1.82) is 0 Å². The Bertz CT molecular complexity index is 1220. The van der Waals surface area contributed by atoms with E-state index in [-0.39, 0.29) is 41.5 Å². The van der Waals surface area contributed by atoms with Gasteiger partial charge in [-0.15, -0.1) is 0 Å². The van der Waals surface area contributed by atoms with Crippen LogP contribution in [0.1, 0.15) is 49.5 Å². The summed E-state index contributed by atoms with van der Waals surface area (Å²) in [5.41, 5.74) is 0.711. The third kappa shape index (κ3) is 4.86. The summed E-state index contributed by atoms with van der Waals surface area (Å²) in [5, 5.41) is 0.506. The molecule has 4 nitrogen and oxygen atoms in total. The Morgan fingerprint density at radius 1 is 0.818 bits per heavy atom. The van der Waals surface area contributed by atoms with Gasteiger partial charge in [0.05, 0.1) is 11.1 Å². The summed E-state index contributed by atoms with van der Waals surface area (Å²) in [6, 6.07) is 15.8. The van der Waals surface area contributed by atoms with E-state index in [1.54, 1.807) is 53.4 Å². The molecule has 4 rings (SSSR count). The fraction of sp³-hybridized carbons (Fsp3) is 0.192. The van der Waals surface area contributed by atoms with Crippen molar-refractivity contribution in [2.45, 2.75) is 12.8 Å². The van der Waals surface area contributed by atoms with Crippen LogP contribution in [0.4, 0.5) is 8.78 Å². The largest absolute Gasteiger partial charge is 0.339 e. The normalized spacial score (nSPS) is 14.2. The van der Waals surface area contributed by atoms with Crippen molar-refractivity contribution in [3.63, 3.8) is 0 Å². The van der Waals surface area contributed by atoms with Gasteiger partial charge in [-0.3, -0.25) is 14.4 Å². The zero-order valence-electron chi connectivity index (χ0n) is 17.6. The number of Topliss-reactive ketones (excluding diaryl/α,β-unsaturated/α-hetero) is 1. The number of rotatable bonds is 5. The molecule has 0 spiro atoms. The zero-order chi connectivity index (χ0) is 23.5. The fourth-order valence-electron chi connectivity index (χ4n) is 4.05. The maximum atomic E-state index is 14.0. The molecule has 1 heterocycles. The lowest BCUT2D eigenvalue weighted by Crippen LogP contribution is -2.41. The average Bonchev–Trinajstić information content (AvgIpc) is 2.85. The Hall–Kier alpha value is -3.38. The molecule has 0 unspecified atom stereocenters. The van der Waals surface area contributed by atoms with Crippen molar-refractivity contribution in [3.8, 4) is 0 Å². The van der Waals surface area contributed by atoms with Crippen LogP contribution in [0.15, 0.2) is 66.7 Å². The number of benzene rings is 3. The molecule has 1 aliphatic rings. The Balaban J connectivity index is 1.48. The third-order valence-electron chi connectivity index (χ3n) is 5.86. The molecule has 0 N–H and O–H groups in total. The summed E-state index contributed by atoms with van der Waals surface area (Å²) in [4.78, 5) is 40.5. The second-order valence-corrected chi connectivity index (χ2v) is 8.37. The second-order valence-electron chi connectivity index (χ2n) is 7.94. The molecule has 1 amide bonds. The summed E-state index contributed by atoms with van der Waals surface area (Å²) < 4.78 is 27.5. The van der Waals surface area contributed by atoms with Crippen LogP contribution in [0.3, 0.4) is 0 Å². The van der Waals surface area contributed by atoms with Crippen molar-refractivity contribution >= 4 is 29.1 Å². The van der Waals surface area contributed by atoms with E-state index in [0.29, 0.717) is 23.4 Å². The van der Waals surface area contributed by atoms with Crippen LogP contribution in [0.5, 0.6) is 0 Å². The minimum Gasteiger partial charge on any atom is -0.339 e. The monoisotopic (exact) mass is 467 g/mol. The molecular formula is C26H20ClF2NO3. The van der Waals surface area contributed by atoms with E-state index in [0.717, 1.165) is 18.2 Å². The topological polar surface area (TPSA) is 54.5 Å². The molecule has 3 aromatic carbocycles. The van der Waals surface area contributed by atoms with Crippen molar-refractivity contribution in [2.24, 2.45) is 5.92 Å². The second kappa shape index (κ2) is 9.63. The van der Waals surface area contributed by atoms with Gasteiger partial charge in [0.1, 0.15) is 11.6 Å². The molecule has 3 aromatic rings. The Morgan fingerprint density at radius 2 is 1.45 bits per heavy atom. The number of ketones is 2. The highest BCUT2D eigenvalue weighted by Crippen LogP contribution is 2.26. The fourth-order valence-corrected chi connectivity index (χ4v) is 4.17. The summed E-state index contributed by atoms with van der Waals surface area (Å²) in [6.07, 6.45) is 0.654. The summed E-state index contributed by atoms with van der Waals surface area (Å²) in [7, 11) is 0. The first-order valence-electron chi connectivity index (χ1n) is 10.5. The lowest BCUT2D eigenvalue weighted by molar-refractivity contribution is 0.0647. The third-order valence-corrected chi connectivity index (χ3v) is 6.11. The van der Waals surface area contributed by atoms with Crippen molar-refractivity contribution < 1.29 is 23.2 Å². The van der Waals surface area contributed by atoms with Crippen LogP contribution in [0.2, 0.25) is 5.02 Å². The maximum Gasteiger partial charge on any atom is 0.254 e. The van der Waals surface area contributed by atoms with E-state index in [4.69, 9.17) is 11.6 Å². The van der Waals surface area contributed by atoms with Gasteiger partial charge in [0.25, 0.3) is 5.91 Å². The van der Waals surface area contributed by atoms with Gasteiger partial charge >= 0.3 is 0 Å². The quantitative estimate of drug-likeness (QED) is 0.460. The van der Waals surface area contributed by atoms with E-state index < -0.39 is 23.3 Å². The lowest BCUT2D eigenvalue weighted by Gasteiger charge is -2.32. The molecule has 0 atom stereocenters. The molecule has 0 aliphatic carbocycles. The van der Waals surface area contributed by atoms with E-state index >= 15 is 0 Å². The minimum atomic E-state index is -0.755. The number of amides is 1. The number of piperidine rings is 1. The SMILES string of the molecule is O=C(c1ccc(Cl)cc1)c1ccccc1C(=O)N1CCC(C(=O)c2cc(F)ccc2F)CC1. The molecule has 0 aromatic heterocycles. The van der Waals surface area contributed by atoms with Crippen LogP contribution in [-0.4, -0.2) is 35.5 Å². The summed E-state index contributed by atoms with van der Waals surface area (Å²) >= 11 is 5.90. The van der Waals surface area contributed by atoms with Gasteiger partial charge < -0.3 is 4.90 Å². The lowest BCUT2D eigenvalue weighted by atomic mass is 9.88. The zero-order valence-corrected chi connectivity index (χ0v) is 18.3. The van der Waals surface area contributed by atoms with Gasteiger partial charge in [-0.25, -0.2) is 8.78 Å². The van der Waals surface area contributed by atoms with E-state index in [9.17, 15) is 23.2 Å². The molecule has 1 fully saturated rings. The molecular weight excluding hydrogens is 448 g/mol. The Kier molecular flexibility index (Phi) is 6.65. The van der Waals surface area contributed by atoms with Crippen LogP contribution >= 0.6 is 11.6 Å². The molecule has 1 aliphatic heterocycles. The van der Waals surface area contributed by atoms with Gasteiger partial charge in [0.15, 0.2) is 11.6 Å². The van der Waals surface area contributed by atoms with Gasteiger partial charge in [-0.2, -0.15) is 0 Å². The number of halogens is 3. The number of hydrogen-bond donors (Lipinski definition) is 0. The number of carbonyl (C=O) groups is 3. The molecule has 0 saturated carbocycles. The number of carbonyl (C=O) groups excluding carboxylic acids is 3. The predicted octanol–water partition coefficient (Wildman–Crippen LogP) is 5.58. The number of likely N-dealkylation sites (tertiary alicyclic amines) is 1. The highest BCUT2D eigenvalue weighted by molar-refractivity contribution is 6.30. The van der Waals surface area contributed by atoms with E-state index in [1.807, 2.05) is 0 Å². The van der Waals surface area contributed by atoms with Gasteiger partial charge in [0, 0.05) is 35.2 Å². The number of hydrogen-bond acceptors (Lipinski definition) is 3. The minimum absolute atomic E-state index is 0.265. The highest BCUT2D eigenvalue weighted by Gasteiger charge is 2.31.